The number of methoxy groups -OCH3 is 3. The number of nitrogens with zero attached hydrogens (tertiary/aromatic N) is 2. The van der Waals surface area contributed by atoms with E-state index in [0.29, 0.717) is 31.0 Å². The van der Waals surface area contributed by atoms with Gasteiger partial charge in [0.15, 0.2) is 17.3 Å². The Morgan fingerprint density at radius 1 is 1.05 bits per heavy atom. The van der Waals surface area contributed by atoms with E-state index in [0.717, 1.165) is 12.1 Å². The number of fused-ring (bicyclic) bond motifs is 4. The second-order valence-corrected chi connectivity index (χ2v) is 10.9. The minimum absolute atomic E-state index is 0.000575. The van der Waals surface area contributed by atoms with Crippen LogP contribution in [0.3, 0.4) is 0 Å². The van der Waals surface area contributed by atoms with Crippen LogP contribution in [0.25, 0.3) is 0 Å². The fourth-order valence-corrected chi connectivity index (χ4v) is 6.17. The number of aromatic nitrogens is 1. The molecule has 0 unspecified atom stereocenters. The fourth-order valence-electron chi connectivity index (χ4n) is 6.17. The zero-order valence-corrected chi connectivity index (χ0v) is 24.5. The topological polar surface area (TPSA) is 147 Å². The number of esters is 2. The molecule has 12 heteroatoms. The number of carbonyl (C=O) groups is 2. The van der Waals surface area contributed by atoms with E-state index < -0.39 is 29.0 Å². The third-order valence-electron chi connectivity index (χ3n) is 7.98. The third kappa shape index (κ3) is 6.14. The van der Waals surface area contributed by atoms with Crippen molar-refractivity contribution < 1.29 is 38.1 Å². The van der Waals surface area contributed by atoms with Crippen LogP contribution >= 0.6 is 0 Å². The molecule has 0 spiro atoms. The normalized spacial score (nSPS) is 18.3. The molecule has 2 aliphatic heterocycles. The van der Waals surface area contributed by atoms with Gasteiger partial charge in [-0.3, -0.25) is 24.1 Å². The Kier molecular flexibility index (Phi) is 8.58. The summed E-state index contributed by atoms with van der Waals surface area (Å²) in [6.07, 6.45) is 0.689. The molecule has 5 rings (SSSR count). The summed E-state index contributed by atoms with van der Waals surface area (Å²) in [7, 11) is 3.99. The van der Waals surface area contributed by atoms with Crippen molar-refractivity contribution in [3.8, 4) is 23.0 Å². The molecule has 2 aromatic heterocycles. The molecule has 2 bridgehead atoms. The molecule has 0 aliphatic carbocycles. The molecule has 4 heterocycles. The van der Waals surface area contributed by atoms with Gasteiger partial charge in [-0.15, -0.1) is 0 Å². The van der Waals surface area contributed by atoms with Gasteiger partial charge in [-0.2, -0.15) is 0 Å². The van der Waals surface area contributed by atoms with Crippen molar-refractivity contribution in [2.75, 3.05) is 34.4 Å². The SMILES string of the molecule is COC(=O)C[C@H](c1cc(OC)c(OC(C)=O)c(OC)c1)c1oc(CN2C[C@H]3C[C@@H](C2)c2cccc(=O)n2C3)cc(=O)c1O. The first kappa shape index (κ1) is 29.9. The van der Waals surface area contributed by atoms with Crippen LogP contribution in [-0.4, -0.2) is 60.9 Å². The molecule has 2 aliphatic rings. The predicted molar refractivity (Wildman–Crippen MR) is 153 cm³/mol. The van der Waals surface area contributed by atoms with Crippen molar-refractivity contribution in [2.24, 2.45) is 5.92 Å². The van der Waals surface area contributed by atoms with E-state index in [1.54, 1.807) is 12.1 Å². The van der Waals surface area contributed by atoms with E-state index in [-0.39, 0.29) is 53.4 Å². The third-order valence-corrected chi connectivity index (χ3v) is 7.98. The molecule has 0 saturated carbocycles. The summed E-state index contributed by atoms with van der Waals surface area (Å²) < 4.78 is 29.1. The average Bonchev–Trinajstić information content (AvgIpc) is 2.98. The zero-order chi connectivity index (χ0) is 30.8. The van der Waals surface area contributed by atoms with E-state index in [9.17, 15) is 24.3 Å². The monoisotopic (exact) mass is 594 g/mol. The van der Waals surface area contributed by atoms with Gasteiger partial charge in [0.1, 0.15) is 5.76 Å². The lowest BCUT2D eigenvalue weighted by Crippen LogP contribution is -2.46. The summed E-state index contributed by atoms with van der Waals surface area (Å²) >= 11 is 0. The van der Waals surface area contributed by atoms with E-state index >= 15 is 0 Å². The highest BCUT2D eigenvalue weighted by molar-refractivity contribution is 5.74. The molecule has 1 saturated heterocycles. The van der Waals surface area contributed by atoms with Crippen LogP contribution in [0.2, 0.25) is 0 Å². The molecule has 1 fully saturated rings. The van der Waals surface area contributed by atoms with E-state index in [4.69, 9.17) is 23.4 Å². The Morgan fingerprint density at radius 3 is 2.42 bits per heavy atom. The standard InChI is InChI=1S/C31H34N2O10/c1-17(34)42-31-25(39-2)9-19(10-26(31)40-3)22(12-28(37)41-4)30-29(38)24(35)11-21(43-30)16-32-13-18-8-20(15-32)23-6-5-7-27(36)33(23)14-18/h5-7,9-11,18,20,22,38H,8,12-16H2,1-4H3/t18-,20+,22-/m1/s1. The van der Waals surface area contributed by atoms with E-state index in [1.807, 2.05) is 10.6 Å². The number of hydrogen-bond donors (Lipinski definition) is 1. The van der Waals surface area contributed by atoms with Crippen LogP contribution in [0.15, 0.2) is 50.4 Å². The van der Waals surface area contributed by atoms with E-state index in [2.05, 4.69) is 4.90 Å². The number of hydrogen-bond acceptors (Lipinski definition) is 11. The van der Waals surface area contributed by atoms with Crippen LogP contribution in [0.4, 0.5) is 0 Å². The molecule has 3 atom stereocenters. The molecule has 228 valence electrons. The summed E-state index contributed by atoms with van der Waals surface area (Å²) in [5.41, 5.74) is 0.732. The van der Waals surface area contributed by atoms with Crippen LogP contribution in [0, 0.1) is 5.92 Å². The highest BCUT2D eigenvalue weighted by Crippen LogP contribution is 2.44. The van der Waals surface area contributed by atoms with Crippen molar-refractivity contribution in [3.05, 3.63) is 79.8 Å². The zero-order valence-electron chi connectivity index (χ0n) is 24.5. The molecule has 1 N–H and O–H groups in total. The molecule has 1 aromatic carbocycles. The molecular formula is C31H34N2O10. The minimum Gasteiger partial charge on any atom is -0.502 e. The average molecular weight is 595 g/mol. The van der Waals surface area contributed by atoms with Gasteiger partial charge in [0.25, 0.3) is 5.56 Å². The first-order valence-electron chi connectivity index (χ1n) is 13.9. The molecule has 3 aromatic rings. The fraction of sp³-hybridized carbons (Fsp3) is 0.419. The molecular weight excluding hydrogens is 560 g/mol. The number of likely N-dealkylation sites (tertiary alicyclic amines) is 1. The summed E-state index contributed by atoms with van der Waals surface area (Å²) in [6, 6.07) is 9.63. The van der Waals surface area contributed by atoms with E-state index in [1.165, 1.54) is 46.5 Å². The van der Waals surface area contributed by atoms with Crippen molar-refractivity contribution in [2.45, 2.75) is 44.7 Å². The van der Waals surface area contributed by atoms with Gasteiger partial charge in [-0.1, -0.05) is 6.07 Å². The summed E-state index contributed by atoms with van der Waals surface area (Å²) in [6.45, 7) is 3.52. The van der Waals surface area contributed by atoms with Crippen molar-refractivity contribution >= 4 is 11.9 Å². The molecule has 0 radical (unpaired) electrons. The second-order valence-electron chi connectivity index (χ2n) is 10.9. The van der Waals surface area contributed by atoms with Crippen molar-refractivity contribution in [1.82, 2.24) is 9.47 Å². The van der Waals surface area contributed by atoms with Crippen molar-refractivity contribution in [1.29, 1.82) is 0 Å². The number of aromatic hydroxyl groups is 1. The van der Waals surface area contributed by atoms with Crippen LogP contribution in [-0.2, 0) is 27.4 Å². The highest BCUT2D eigenvalue weighted by Gasteiger charge is 2.35. The Morgan fingerprint density at radius 2 is 1.77 bits per heavy atom. The number of ether oxygens (including phenoxy) is 4. The number of benzene rings is 1. The largest absolute Gasteiger partial charge is 0.502 e. The molecule has 0 amide bonds. The van der Waals surface area contributed by atoms with Crippen LogP contribution in [0.1, 0.15) is 54.4 Å². The quantitative estimate of drug-likeness (QED) is 0.288. The van der Waals surface area contributed by atoms with Gasteiger partial charge < -0.3 is 33.0 Å². The highest BCUT2D eigenvalue weighted by atomic mass is 16.6. The number of pyridine rings is 1. The lowest BCUT2D eigenvalue weighted by molar-refractivity contribution is -0.141. The smallest absolute Gasteiger partial charge is 0.308 e. The maximum absolute atomic E-state index is 13.0. The van der Waals surface area contributed by atoms with Gasteiger partial charge in [-0.05, 0) is 36.1 Å². The first-order valence-corrected chi connectivity index (χ1v) is 13.9. The number of piperidine rings is 1. The Bertz CT molecular complexity index is 1630. The van der Waals surface area contributed by atoms with Gasteiger partial charge in [0, 0.05) is 50.3 Å². The maximum atomic E-state index is 13.0. The first-order chi connectivity index (χ1) is 20.6. The van der Waals surface area contributed by atoms with Gasteiger partial charge in [-0.25, -0.2) is 0 Å². The lowest BCUT2D eigenvalue weighted by Gasteiger charge is -2.42. The maximum Gasteiger partial charge on any atom is 0.308 e. The molecule has 12 nitrogen and oxygen atoms in total. The van der Waals surface area contributed by atoms with Crippen LogP contribution in [0.5, 0.6) is 23.0 Å². The van der Waals surface area contributed by atoms with Gasteiger partial charge in [0.05, 0.1) is 40.2 Å². The summed E-state index contributed by atoms with van der Waals surface area (Å²) in [4.78, 5) is 51.8. The van der Waals surface area contributed by atoms with Gasteiger partial charge >= 0.3 is 11.9 Å². The number of rotatable bonds is 9. The predicted octanol–water partition coefficient (Wildman–Crippen LogP) is 2.76. The van der Waals surface area contributed by atoms with Crippen LogP contribution < -0.4 is 25.2 Å². The Labute approximate surface area is 247 Å². The minimum atomic E-state index is -0.978. The lowest BCUT2D eigenvalue weighted by atomic mass is 9.83. The Balaban J connectivity index is 1.51. The van der Waals surface area contributed by atoms with Crippen molar-refractivity contribution in [3.63, 3.8) is 0 Å². The number of carbonyl (C=O) groups excluding carboxylic acids is 2. The second kappa shape index (κ2) is 12.3. The van der Waals surface area contributed by atoms with Gasteiger partial charge in [0.2, 0.25) is 16.9 Å². The summed E-state index contributed by atoms with van der Waals surface area (Å²) in [5, 5.41) is 10.9. The molecule has 43 heavy (non-hydrogen) atoms. The summed E-state index contributed by atoms with van der Waals surface area (Å²) in [5.74, 6) is -1.89. The Hall–Kier alpha value is -4.58.